The van der Waals surface area contributed by atoms with Gasteiger partial charge in [-0.05, 0) is 31.5 Å². The molecule has 0 radical (unpaired) electrons. The quantitative estimate of drug-likeness (QED) is 0.892. The van der Waals surface area contributed by atoms with Crippen molar-refractivity contribution >= 4 is 5.69 Å². The molecule has 0 amide bonds. The summed E-state index contributed by atoms with van der Waals surface area (Å²) in [4.78, 5) is 10.6. The number of rotatable bonds is 5. The van der Waals surface area contributed by atoms with E-state index < -0.39 is 0 Å². The summed E-state index contributed by atoms with van der Waals surface area (Å²) in [5.74, 6) is 0. The van der Waals surface area contributed by atoms with E-state index in [9.17, 15) is 0 Å². The number of aromatic nitrogens is 2. The minimum atomic E-state index is 0.0779. The van der Waals surface area contributed by atoms with Crippen LogP contribution in [-0.4, -0.2) is 23.1 Å². The fourth-order valence-electron chi connectivity index (χ4n) is 2.35. The molecule has 1 unspecified atom stereocenters. The summed E-state index contributed by atoms with van der Waals surface area (Å²) in [7, 11) is 0. The highest BCUT2D eigenvalue weighted by Gasteiger charge is 2.20. The molecule has 100 valence electrons. The molecule has 1 atom stereocenters. The van der Waals surface area contributed by atoms with Crippen molar-refractivity contribution < 1.29 is 0 Å². The first-order chi connectivity index (χ1) is 9.27. The van der Waals surface area contributed by atoms with Crippen molar-refractivity contribution in [3.63, 3.8) is 0 Å². The van der Waals surface area contributed by atoms with Crippen LogP contribution in [0, 0.1) is 6.92 Å². The van der Waals surface area contributed by atoms with E-state index >= 15 is 0 Å². The molecule has 0 bridgehead atoms. The fraction of sp³-hybridized carbons (Fsp3) is 0.333. The second-order valence-electron chi connectivity index (χ2n) is 4.46. The number of anilines is 1. The number of para-hydroxylation sites is 1. The largest absolute Gasteiger partial charge is 0.362 e. The molecule has 2 N–H and O–H groups in total. The van der Waals surface area contributed by atoms with Crippen LogP contribution in [0.3, 0.4) is 0 Å². The van der Waals surface area contributed by atoms with Crippen molar-refractivity contribution in [1.82, 2.24) is 9.97 Å². The molecule has 1 aromatic heterocycles. The Balaban J connectivity index is 2.38. The maximum absolute atomic E-state index is 5.97. The zero-order chi connectivity index (χ0) is 13.7. The molecule has 2 aromatic rings. The zero-order valence-corrected chi connectivity index (χ0v) is 11.5. The van der Waals surface area contributed by atoms with Gasteiger partial charge in [-0.25, -0.2) is 9.97 Å². The van der Waals surface area contributed by atoms with Gasteiger partial charge in [0.1, 0.15) is 6.33 Å². The molecule has 4 heteroatoms. The van der Waals surface area contributed by atoms with Crippen molar-refractivity contribution in [3.8, 4) is 0 Å². The van der Waals surface area contributed by atoms with Crippen LogP contribution < -0.4 is 10.6 Å². The minimum Gasteiger partial charge on any atom is -0.362 e. The molecule has 1 heterocycles. The van der Waals surface area contributed by atoms with Gasteiger partial charge in [0.25, 0.3) is 0 Å². The monoisotopic (exact) mass is 256 g/mol. The van der Waals surface area contributed by atoms with Crippen LogP contribution in [0.5, 0.6) is 0 Å². The number of hydrogen-bond donors (Lipinski definition) is 1. The molecule has 1 aromatic carbocycles. The number of aryl methyl sites for hydroxylation is 1. The van der Waals surface area contributed by atoms with E-state index in [1.807, 2.05) is 6.07 Å². The van der Waals surface area contributed by atoms with Gasteiger partial charge >= 0.3 is 0 Å². The van der Waals surface area contributed by atoms with Gasteiger partial charge in [-0.3, -0.25) is 0 Å². The summed E-state index contributed by atoms with van der Waals surface area (Å²) in [6.07, 6.45) is 3.33. The Labute approximate surface area is 114 Å². The Morgan fingerprint density at radius 3 is 2.63 bits per heavy atom. The van der Waals surface area contributed by atoms with Crippen LogP contribution in [0.1, 0.15) is 24.2 Å². The molecule has 0 saturated carbocycles. The first-order valence-corrected chi connectivity index (χ1v) is 6.56. The molecular formula is C15H20N4. The van der Waals surface area contributed by atoms with Gasteiger partial charge in [-0.1, -0.05) is 18.2 Å². The minimum absolute atomic E-state index is 0.0779. The van der Waals surface area contributed by atoms with Crippen LogP contribution in [0.25, 0.3) is 0 Å². The van der Waals surface area contributed by atoms with Gasteiger partial charge in [0.05, 0.1) is 11.7 Å². The molecule has 4 nitrogen and oxygen atoms in total. The van der Waals surface area contributed by atoms with Gasteiger partial charge < -0.3 is 10.6 Å². The molecule has 19 heavy (non-hydrogen) atoms. The molecule has 2 rings (SSSR count). The van der Waals surface area contributed by atoms with E-state index in [1.54, 1.807) is 12.5 Å². The summed E-state index contributed by atoms with van der Waals surface area (Å²) in [6, 6.07) is 10.4. The molecule has 0 fully saturated rings. The van der Waals surface area contributed by atoms with E-state index in [2.05, 4.69) is 53.0 Å². The smallest absolute Gasteiger partial charge is 0.115 e. The summed E-state index contributed by atoms with van der Waals surface area (Å²) >= 11 is 0. The number of nitrogens with two attached hydrogens (primary N) is 1. The third-order valence-corrected chi connectivity index (χ3v) is 3.31. The average Bonchev–Trinajstić information content (AvgIpc) is 2.46. The second-order valence-corrected chi connectivity index (χ2v) is 4.46. The molecular weight excluding hydrogens is 236 g/mol. The highest BCUT2D eigenvalue weighted by molar-refractivity contribution is 5.54. The van der Waals surface area contributed by atoms with Crippen LogP contribution in [0.2, 0.25) is 0 Å². The molecule has 0 aliphatic carbocycles. The fourth-order valence-corrected chi connectivity index (χ4v) is 2.35. The standard InChI is InChI=1S/C15H20N4/c1-3-19(14-7-5-4-6-12(14)2)15(10-16)13-8-9-17-11-18-13/h4-9,11,15H,3,10,16H2,1-2H3. The van der Waals surface area contributed by atoms with Crippen molar-refractivity contribution in [1.29, 1.82) is 0 Å². The summed E-state index contributed by atoms with van der Waals surface area (Å²) in [5, 5.41) is 0. The van der Waals surface area contributed by atoms with Crippen molar-refractivity contribution in [2.75, 3.05) is 18.0 Å². The average molecular weight is 256 g/mol. The van der Waals surface area contributed by atoms with Gasteiger partial charge in [-0.2, -0.15) is 0 Å². The summed E-state index contributed by atoms with van der Waals surface area (Å²) < 4.78 is 0. The van der Waals surface area contributed by atoms with Gasteiger partial charge in [0, 0.05) is 25.0 Å². The maximum Gasteiger partial charge on any atom is 0.115 e. The lowest BCUT2D eigenvalue weighted by atomic mass is 10.1. The van der Waals surface area contributed by atoms with Crippen LogP contribution in [-0.2, 0) is 0 Å². The van der Waals surface area contributed by atoms with Crippen LogP contribution in [0.15, 0.2) is 42.9 Å². The van der Waals surface area contributed by atoms with Crippen LogP contribution >= 0.6 is 0 Å². The Hall–Kier alpha value is -1.94. The zero-order valence-electron chi connectivity index (χ0n) is 11.5. The highest BCUT2D eigenvalue weighted by atomic mass is 15.2. The third kappa shape index (κ3) is 2.90. The first-order valence-electron chi connectivity index (χ1n) is 6.56. The van der Waals surface area contributed by atoms with Gasteiger partial charge in [-0.15, -0.1) is 0 Å². The summed E-state index contributed by atoms with van der Waals surface area (Å²) in [5.41, 5.74) is 9.38. The van der Waals surface area contributed by atoms with E-state index in [1.165, 1.54) is 11.3 Å². The van der Waals surface area contributed by atoms with Gasteiger partial charge in [0.15, 0.2) is 0 Å². The number of nitrogens with zero attached hydrogens (tertiary/aromatic N) is 3. The Bertz CT molecular complexity index is 513. The predicted octanol–water partition coefficient (Wildman–Crippen LogP) is 2.31. The van der Waals surface area contributed by atoms with Gasteiger partial charge in [0.2, 0.25) is 0 Å². The molecule has 0 aliphatic rings. The van der Waals surface area contributed by atoms with Crippen molar-refractivity contribution in [3.05, 3.63) is 54.1 Å². The predicted molar refractivity (Wildman–Crippen MR) is 78.0 cm³/mol. The normalized spacial score (nSPS) is 12.2. The summed E-state index contributed by atoms with van der Waals surface area (Å²) in [6.45, 7) is 5.66. The van der Waals surface area contributed by atoms with E-state index in [0.29, 0.717) is 6.54 Å². The topological polar surface area (TPSA) is 55.0 Å². The Morgan fingerprint density at radius 2 is 2.05 bits per heavy atom. The maximum atomic E-state index is 5.97. The third-order valence-electron chi connectivity index (χ3n) is 3.31. The lowest BCUT2D eigenvalue weighted by molar-refractivity contribution is 0.623. The Kier molecular flexibility index (Phi) is 4.47. The van der Waals surface area contributed by atoms with E-state index in [4.69, 9.17) is 5.73 Å². The first kappa shape index (κ1) is 13.5. The SMILES string of the molecule is CCN(c1ccccc1C)C(CN)c1ccncn1. The number of likely N-dealkylation sites (N-methyl/N-ethyl adjacent to an activating group) is 1. The molecule has 0 spiro atoms. The van der Waals surface area contributed by atoms with Crippen molar-refractivity contribution in [2.24, 2.45) is 5.73 Å². The molecule has 0 saturated heterocycles. The molecule has 0 aliphatic heterocycles. The lowest BCUT2D eigenvalue weighted by Gasteiger charge is -2.32. The van der Waals surface area contributed by atoms with Crippen LogP contribution in [0.4, 0.5) is 5.69 Å². The highest BCUT2D eigenvalue weighted by Crippen LogP contribution is 2.27. The lowest BCUT2D eigenvalue weighted by Crippen LogP contribution is -2.34. The number of benzene rings is 1. The van der Waals surface area contributed by atoms with E-state index in [0.717, 1.165) is 12.2 Å². The second kappa shape index (κ2) is 6.29. The van der Waals surface area contributed by atoms with E-state index in [-0.39, 0.29) is 6.04 Å². The van der Waals surface area contributed by atoms with Crippen molar-refractivity contribution in [2.45, 2.75) is 19.9 Å². The Morgan fingerprint density at radius 1 is 1.26 bits per heavy atom. The number of hydrogen-bond acceptors (Lipinski definition) is 4.